The van der Waals surface area contributed by atoms with E-state index >= 15 is 0 Å². The van der Waals surface area contributed by atoms with E-state index in [-0.39, 0.29) is 18.1 Å². The lowest BCUT2D eigenvalue weighted by atomic mass is 9.88. The monoisotopic (exact) mass is 464 g/mol. The number of pyridine rings is 1. The Kier molecular flexibility index (Phi) is 6.06. The van der Waals surface area contributed by atoms with Crippen molar-refractivity contribution in [2.45, 2.75) is 25.2 Å². The molecule has 174 valence electrons. The Morgan fingerprint density at radius 3 is 2.60 bits per heavy atom. The Morgan fingerprint density at radius 1 is 1.06 bits per heavy atom. The van der Waals surface area contributed by atoms with Crippen LogP contribution >= 0.6 is 0 Å². The van der Waals surface area contributed by atoms with Gasteiger partial charge in [0.25, 0.3) is 5.91 Å². The zero-order chi connectivity index (χ0) is 24.4. The van der Waals surface area contributed by atoms with Crippen molar-refractivity contribution in [3.63, 3.8) is 0 Å². The largest absolute Gasteiger partial charge is 0.350 e. The van der Waals surface area contributed by atoms with Gasteiger partial charge in [-0.2, -0.15) is 5.26 Å². The molecular weight excluding hydrogens is 440 g/mol. The number of nitrogens with zero attached hydrogens (tertiary/aromatic N) is 6. The summed E-state index contributed by atoms with van der Waals surface area (Å²) in [5.74, 6) is 0.128. The van der Waals surface area contributed by atoms with Crippen molar-refractivity contribution >= 4 is 22.6 Å². The molecule has 8 heteroatoms. The molecule has 0 bridgehead atoms. The zero-order valence-electron chi connectivity index (χ0n) is 19.4. The molecule has 8 nitrogen and oxygen atoms in total. The van der Waals surface area contributed by atoms with E-state index in [4.69, 9.17) is 5.26 Å². The number of aromatic nitrogens is 4. The van der Waals surface area contributed by atoms with Crippen molar-refractivity contribution in [1.29, 1.82) is 5.26 Å². The highest BCUT2D eigenvalue weighted by molar-refractivity contribution is 5.97. The second kappa shape index (κ2) is 9.47. The van der Waals surface area contributed by atoms with Gasteiger partial charge in [-0.25, -0.2) is 4.98 Å². The number of benzene rings is 1. The highest BCUT2D eigenvalue weighted by Crippen LogP contribution is 2.35. The highest BCUT2D eigenvalue weighted by Gasteiger charge is 2.27. The summed E-state index contributed by atoms with van der Waals surface area (Å²) in [4.78, 5) is 39.7. The van der Waals surface area contributed by atoms with E-state index in [1.165, 1.54) is 30.2 Å². The predicted molar refractivity (Wildman–Crippen MR) is 130 cm³/mol. The fourth-order valence-corrected chi connectivity index (χ4v) is 4.80. The van der Waals surface area contributed by atoms with E-state index in [1.54, 1.807) is 12.3 Å². The van der Waals surface area contributed by atoms with Crippen LogP contribution in [0.1, 0.15) is 56.4 Å². The van der Waals surface area contributed by atoms with Gasteiger partial charge in [0.05, 0.1) is 17.8 Å². The van der Waals surface area contributed by atoms with Gasteiger partial charge in [0.15, 0.2) is 5.78 Å². The lowest BCUT2D eigenvalue weighted by Gasteiger charge is -2.31. The van der Waals surface area contributed by atoms with Crippen molar-refractivity contribution < 1.29 is 9.59 Å². The van der Waals surface area contributed by atoms with Crippen LogP contribution in [0.25, 0.3) is 10.9 Å². The molecule has 0 spiro atoms. The number of likely N-dealkylation sites (tertiary alicyclic amines) is 1. The van der Waals surface area contributed by atoms with E-state index in [9.17, 15) is 9.59 Å². The van der Waals surface area contributed by atoms with Gasteiger partial charge in [-0.1, -0.05) is 6.07 Å². The van der Waals surface area contributed by atoms with Crippen LogP contribution < -0.4 is 0 Å². The van der Waals surface area contributed by atoms with Crippen LogP contribution in [-0.4, -0.2) is 49.2 Å². The lowest BCUT2D eigenvalue weighted by molar-refractivity contribution is 0.0706. The number of rotatable bonds is 5. The molecular formula is C27H24N6O2. The molecule has 0 saturated carbocycles. The summed E-state index contributed by atoms with van der Waals surface area (Å²) in [7, 11) is 2.03. The number of aryl methyl sites for hydroxylation is 1. The number of carbonyl (C=O) groups excluding carboxylic acids is 2. The zero-order valence-corrected chi connectivity index (χ0v) is 19.4. The molecule has 3 aromatic heterocycles. The van der Waals surface area contributed by atoms with Crippen LogP contribution in [0.3, 0.4) is 0 Å². The topological polar surface area (TPSA) is 105 Å². The first kappa shape index (κ1) is 22.4. The average Bonchev–Trinajstić information content (AvgIpc) is 3.24. The molecule has 5 rings (SSSR count). The molecule has 4 heterocycles. The molecule has 1 amide bonds. The molecule has 1 aliphatic rings. The Morgan fingerprint density at radius 2 is 1.86 bits per heavy atom. The maximum absolute atomic E-state index is 12.8. The standard InChI is InChI=1S/C27H24N6O2/c1-32-17-22(20-5-10-33(11-6-20)27(35)24-16-29-8-9-31-24)21-12-18(2-3-25(21)32)14-26(34)23-13-19(15-28)4-7-30-23/h2-4,7-9,12-13,16-17,20H,5-6,10-11,14H2,1H3. The van der Waals surface area contributed by atoms with Crippen LogP contribution in [0, 0.1) is 11.3 Å². The first-order valence-corrected chi connectivity index (χ1v) is 11.6. The van der Waals surface area contributed by atoms with Gasteiger partial charge in [-0.05, 0) is 54.2 Å². The molecule has 1 saturated heterocycles. The summed E-state index contributed by atoms with van der Waals surface area (Å²) >= 11 is 0. The molecule has 35 heavy (non-hydrogen) atoms. The Labute approximate surface area is 202 Å². The Bertz CT molecular complexity index is 1450. The number of fused-ring (bicyclic) bond motifs is 1. The van der Waals surface area contributed by atoms with Gasteiger partial charge >= 0.3 is 0 Å². The first-order valence-electron chi connectivity index (χ1n) is 11.6. The van der Waals surface area contributed by atoms with Crippen LogP contribution in [0.4, 0.5) is 0 Å². The quantitative estimate of drug-likeness (QED) is 0.417. The molecule has 0 unspecified atom stereocenters. The maximum Gasteiger partial charge on any atom is 0.274 e. The maximum atomic E-state index is 12.8. The predicted octanol–water partition coefficient (Wildman–Crippen LogP) is 3.68. The third kappa shape index (κ3) is 4.53. The van der Waals surface area contributed by atoms with Gasteiger partial charge in [-0.15, -0.1) is 0 Å². The summed E-state index contributed by atoms with van der Waals surface area (Å²) in [5.41, 5.74) is 4.37. The highest BCUT2D eigenvalue weighted by atomic mass is 16.2. The van der Waals surface area contributed by atoms with Crippen molar-refractivity contribution in [2.75, 3.05) is 13.1 Å². The van der Waals surface area contributed by atoms with Crippen molar-refractivity contribution in [2.24, 2.45) is 7.05 Å². The van der Waals surface area contributed by atoms with Crippen LogP contribution in [0.15, 0.2) is 61.3 Å². The van der Waals surface area contributed by atoms with E-state index in [2.05, 4.69) is 37.9 Å². The normalized spacial score (nSPS) is 14.1. The molecule has 0 N–H and O–H groups in total. The number of Topliss-reactive ketones (excluding diaryl/α,β-unsaturated/α-hetero) is 1. The Balaban J connectivity index is 1.34. The number of hydrogen-bond donors (Lipinski definition) is 0. The first-order chi connectivity index (χ1) is 17.0. The minimum atomic E-state index is -0.116. The van der Waals surface area contributed by atoms with E-state index in [0.29, 0.717) is 36.0 Å². The van der Waals surface area contributed by atoms with Gasteiger partial charge in [0, 0.05) is 62.2 Å². The van der Waals surface area contributed by atoms with Gasteiger partial charge in [-0.3, -0.25) is 19.6 Å². The average molecular weight is 465 g/mol. The van der Waals surface area contributed by atoms with Crippen LogP contribution in [-0.2, 0) is 13.5 Å². The summed E-state index contributed by atoms with van der Waals surface area (Å²) in [6.07, 6.45) is 10.2. The number of carbonyl (C=O) groups is 2. The second-order valence-corrected chi connectivity index (χ2v) is 8.85. The van der Waals surface area contributed by atoms with Gasteiger partial charge < -0.3 is 9.47 Å². The smallest absolute Gasteiger partial charge is 0.274 e. The van der Waals surface area contributed by atoms with E-state index < -0.39 is 0 Å². The molecule has 0 aliphatic carbocycles. The van der Waals surface area contributed by atoms with Crippen molar-refractivity contribution in [1.82, 2.24) is 24.4 Å². The number of nitriles is 1. The third-order valence-corrected chi connectivity index (χ3v) is 6.63. The minimum Gasteiger partial charge on any atom is -0.350 e. The SMILES string of the molecule is Cn1cc(C2CCN(C(=O)c3cnccn3)CC2)c2cc(CC(=O)c3cc(C#N)ccn3)ccc21. The van der Waals surface area contributed by atoms with E-state index in [1.807, 2.05) is 24.1 Å². The number of piperidine rings is 1. The molecule has 0 atom stereocenters. The number of ketones is 1. The fourth-order valence-electron chi connectivity index (χ4n) is 4.80. The summed E-state index contributed by atoms with van der Waals surface area (Å²) in [6, 6.07) is 11.3. The summed E-state index contributed by atoms with van der Waals surface area (Å²) in [6.45, 7) is 1.32. The van der Waals surface area contributed by atoms with Gasteiger partial charge in [0.2, 0.25) is 0 Å². The second-order valence-electron chi connectivity index (χ2n) is 8.85. The summed E-state index contributed by atoms with van der Waals surface area (Å²) in [5, 5.41) is 10.2. The van der Waals surface area contributed by atoms with Crippen LogP contribution in [0.2, 0.25) is 0 Å². The molecule has 1 aliphatic heterocycles. The number of amides is 1. The van der Waals surface area contributed by atoms with E-state index in [0.717, 1.165) is 29.3 Å². The van der Waals surface area contributed by atoms with Gasteiger partial charge in [0.1, 0.15) is 11.4 Å². The molecule has 4 aromatic rings. The fraction of sp³-hybridized carbons (Fsp3) is 0.259. The summed E-state index contributed by atoms with van der Waals surface area (Å²) < 4.78 is 2.12. The van der Waals surface area contributed by atoms with Crippen LogP contribution in [0.5, 0.6) is 0 Å². The number of hydrogen-bond acceptors (Lipinski definition) is 6. The Hall–Kier alpha value is -4.38. The lowest BCUT2D eigenvalue weighted by Crippen LogP contribution is -2.38. The molecule has 1 aromatic carbocycles. The molecule has 1 fully saturated rings. The third-order valence-electron chi connectivity index (χ3n) is 6.63. The van der Waals surface area contributed by atoms with Crippen molar-refractivity contribution in [3.8, 4) is 6.07 Å². The minimum absolute atomic E-state index is 0.0793. The van der Waals surface area contributed by atoms with Crippen molar-refractivity contribution in [3.05, 3.63) is 89.4 Å². The molecule has 0 radical (unpaired) electrons.